The van der Waals surface area contributed by atoms with Gasteiger partial charge in [0.2, 0.25) is 5.91 Å². The molecule has 0 aliphatic carbocycles. The highest BCUT2D eigenvalue weighted by atomic mass is 16.5. The molecule has 5 heteroatoms. The SMILES string of the molecule is COc1ccccc1NC(=O)CN1CCCC(C)C1CO. The topological polar surface area (TPSA) is 61.8 Å². The summed E-state index contributed by atoms with van der Waals surface area (Å²) in [5, 5.41) is 12.4. The van der Waals surface area contributed by atoms with Crippen LogP contribution in [0.3, 0.4) is 0 Å². The lowest BCUT2D eigenvalue weighted by Gasteiger charge is -2.38. The lowest BCUT2D eigenvalue weighted by Crippen LogP contribution is -2.49. The molecule has 0 bridgehead atoms. The number of ether oxygens (including phenoxy) is 1. The third-order valence-electron chi connectivity index (χ3n) is 4.15. The van der Waals surface area contributed by atoms with Gasteiger partial charge in [0.05, 0.1) is 25.9 Å². The molecule has 1 aromatic carbocycles. The van der Waals surface area contributed by atoms with Crippen LogP contribution in [0, 0.1) is 5.92 Å². The first kappa shape index (κ1) is 15.8. The van der Waals surface area contributed by atoms with Crippen molar-refractivity contribution in [3.8, 4) is 5.75 Å². The average Bonchev–Trinajstić information content (AvgIpc) is 2.48. The zero-order valence-electron chi connectivity index (χ0n) is 12.7. The van der Waals surface area contributed by atoms with Gasteiger partial charge in [-0.2, -0.15) is 0 Å². The minimum absolute atomic E-state index is 0.0715. The van der Waals surface area contributed by atoms with Crippen LogP contribution < -0.4 is 10.1 Å². The summed E-state index contributed by atoms with van der Waals surface area (Å²) in [7, 11) is 1.58. The Kier molecular flexibility index (Phi) is 5.59. The first-order valence-corrected chi connectivity index (χ1v) is 7.43. The predicted octanol–water partition coefficient (Wildman–Crippen LogP) is 1.73. The lowest BCUT2D eigenvalue weighted by atomic mass is 9.91. The van der Waals surface area contributed by atoms with Crippen molar-refractivity contribution >= 4 is 11.6 Å². The number of piperidine rings is 1. The molecular formula is C16H24N2O3. The van der Waals surface area contributed by atoms with E-state index in [0.717, 1.165) is 19.4 Å². The Morgan fingerprint density at radius 3 is 2.95 bits per heavy atom. The molecule has 1 aliphatic heterocycles. The van der Waals surface area contributed by atoms with Crippen molar-refractivity contribution in [2.45, 2.75) is 25.8 Å². The number of nitrogens with zero attached hydrogens (tertiary/aromatic N) is 1. The molecule has 2 unspecified atom stereocenters. The van der Waals surface area contributed by atoms with Gasteiger partial charge in [0.15, 0.2) is 0 Å². The van der Waals surface area contributed by atoms with E-state index in [1.54, 1.807) is 7.11 Å². The van der Waals surface area contributed by atoms with E-state index in [1.807, 2.05) is 24.3 Å². The maximum absolute atomic E-state index is 12.2. The largest absolute Gasteiger partial charge is 0.495 e. The number of aliphatic hydroxyl groups is 1. The fourth-order valence-corrected chi connectivity index (χ4v) is 2.95. The zero-order chi connectivity index (χ0) is 15.2. The van der Waals surface area contributed by atoms with Gasteiger partial charge in [-0.05, 0) is 37.4 Å². The Bertz CT molecular complexity index is 478. The van der Waals surface area contributed by atoms with E-state index in [-0.39, 0.29) is 18.6 Å². The molecule has 2 rings (SSSR count). The van der Waals surface area contributed by atoms with E-state index in [0.29, 0.717) is 23.9 Å². The Balaban J connectivity index is 1.97. The third kappa shape index (κ3) is 3.95. The number of para-hydroxylation sites is 2. The summed E-state index contributed by atoms with van der Waals surface area (Å²) in [6.45, 7) is 3.39. The molecule has 1 amide bonds. The molecule has 2 N–H and O–H groups in total. The second-order valence-electron chi connectivity index (χ2n) is 5.59. The lowest BCUT2D eigenvalue weighted by molar-refractivity contribution is -0.118. The molecule has 21 heavy (non-hydrogen) atoms. The van der Waals surface area contributed by atoms with Crippen LogP contribution in [-0.4, -0.2) is 48.8 Å². The van der Waals surface area contributed by atoms with E-state index in [9.17, 15) is 9.90 Å². The van der Waals surface area contributed by atoms with Gasteiger partial charge in [0.1, 0.15) is 5.75 Å². The van der Waals surface area contributed by atoms with Crippen molar-refractivity contribution in [3.63, 3.8) is 0 Å². The molecular weight excluding hydrogens is 268 g/mol. The van der Waals surface area contributed by atoms with Crippen molar-refractivity contribution in [3.05, 3.63) is 24.3 Å². The summed E-state index contributed by atoms with van der Waals surface area (Å²) in [6.07, 6.45) is 2.18. The molecule has 0 radical (unpaired) electrons. The fourth-order valence-electron chi connectivity index (χ4n) is 2.95. The monoisotopic (exact) mass is 292 g/mol. The smallest absolute Gasteiger partial charge is 0.238 e. The van der Waals surface area contributed by atoms with Crippen molar-refractivity contribution in [1.29, 1.82) is 0 Å². The highest BCUT2D eigenvalue weighted by molar-refractivity contribution is 5.93. The van der Waals surface area contributed by atoms with Crippen LogP contribution in [0.1, 0.15) is 19.8 Å². The molecule has 2 atom stereocenters. The van der Waals surface area contributed by atoms with Crippen molar-refractivity contribution in [2.24, 2.45) is 5.92 Å². The van der Waals surface area contributed by atoms with E-state index >= 15 is 0 Å². The number of rotatable bonds is 5. The highest BCUT2D eigenvalue weighted by Crippen LogP contribution is 2.25. The van der Waals surface area contributed by atoms with Gasteiger partial charge in [-0.3, -0.25) is 9.69 Å². The maximum atomic E-state index is 12.2. The Hall–Kier alpha value is -1.59. The molecule has 1 heterocycles. The van der Waals surface area contributed by atoms with Gasteiger partial charge >= 0.3 is 0 Å². The number of nitrogens with one attached hydrogen (secondary N) is 1. The molecule has 5 nitrogen and oxygen atoms in total. The highest BCUT2D eigenvalue weighted by Gasteiger charge is 2.29. The number of likely N-dealkylation sites (tertiary alicyclic amines) is 1. The summed E-state index contributed by atoms with van der Waals surface area (Å²) in [5.41, 5.74) is 0.676. The summed E-state index contributed by atoms with van der Waals surface area (Å²) >= 11 is 0. The van der Waals surface area contributed by atoms with Gasteiger partial charge in [-0.25, -0.2) is 0 Å². The quantitative estimate of drug-likeness (QED) is 0.867. The van der Waals surface area contributed by atoms with Crippen LogP contribution >= 0.6 is 0 Å². The Labute approximate surface area is 125 Å². The number of aliphatic hydroxyl groups excluding tert-OH is 1. The molecule has 0 aromatic heterocycles. The predicted molar refractivity (Wildman–Crippen MR) is 82.5 cm³/mol. The zero-order valence-corrected chi connectivity index (χ0v) is 12.7. The molecule has 1 fully saturated rings. The van der Waals surface area contributed by atoms with Gasteiger partial charge in [0, 0.05) is 6.04 Å². The number of methoxy groups -OCH3 is 1. The first-order chi connectivity index (χ1) is 10.2. The summed E-state index contributed by atoms with van der Waals surface area (Å²) in [6, 6.07) is 7.43. The Morgan fingerprint density at radius 2 is 2.24 bits per heavy atom. The number of benzene rings is 1. The number of amides is 1. The maximum Gasteiger partial charge on any atom is 0.238 e. The number of carbonyl (C=O) groups is 1. The van der Waals surface area contributed by atoms with Crippen LogP contribution in [0.25, 0.3) is 0 Å². The second kappa shape index (κ2) is 7.43. The first-order valence-electron chi connectivity index (χ1n) is 7.43. The fraction of sp³-hybridized carbons (Fsp3) is 0.562. The minimum Gasteiger partial charge on any atom is -0.495 e. The Morgan fingerprint density at radius 1 is 1.48 bits per heavy atom. The number of carbonyl (C=O) groups excluding carboxylic acids is 1. The standard InChI is InChI=1S/C16H24N2O3/c1-12-6-5-9-18(14(12)11-19)10-16(20)17-13-7-3-4-8-15(13)21-2/h3-4,7-8,12,14,19H,5-6,9-11H2,1-2H3,(H,17,20). The van der Waals surface area contributed by atoms with Crippen LogP contribution in [0.5, 0.6) is 5.75 Å². The van der Waals surface area contributed by atoms with Crippen LogP contribution in [0.4, 0.5) is 5.69 Å². The third-order valence-corrected chi connectivity index (χ3v) is 4.15. The summed E-state index contributed by atoms with van der Waals surface area (Å²) < 4.78 is 5.23. The van der Waals surface area contributed by atoms with E-state index < -0.39 is 0 Å². The number of anilines is 1. The van der Waals surface area contributed by atoms with Crippen LogP contribution in [0.2, 0.25) is 0 Å². The molecule has 1 aliphatic rings. The van der Waals surface area contributed by atoms with Crippen molar-refractivity contribution in [1.82, 2.24) is 4.90 Å². The van der Waals surface area contributed by atoms with E-state index in [4.69, 9.17) is 4.74 Å². The minimum atomic E-state index is -0.0768. The molecule has 1 saturated heterocycles. The van der Waals surface area contributed by atoms with Crippen LogP contribution in [0.15, 0.2) is 24.3 Å². The van der Waals surface area contributed by atoms with Crippen molar-refractivity contribution < 1.29 is 14.6 Å². The van der Waals surface area contributed by atoms with Crippen LogP contribution in [-0.2, 0) is 4.79 Å². The number of hydrogen-bond acceptors (Lipinski definition) is 4. The van der Waals surface area contributed by atoms with Gasteiger partial charge in [-0.1, -0.05) is 19.1 Å². The van der Waals surface area contributed by atoms with Gasteiger partial charge in [0.25, 0.3) is 0 Å². The van der Waals surface area contributed by atoms with E-state index in [2.05, 4.69) is 17.1 Å². The summed E-state index contributed by atoms with van der Waals surface area (Å²) in [5.74, 6) is 0.992. The average molecular weight is 292 g/mol. The summed E-state index contributed by atoms with van der Waals surface area (Å²) in [4.78, 5) is 14.3. The number of hydrogen-bond donors (Lipinski definition) is 2. The molecule has 1 aromatic rings. The van der Waals surface area contributed by atoms with Gasteiger partial charge in [-0.15, -0.1) is 0 Å². The van der Waals surface area contributed by atoms with Gasteiger partial charge < -0.3 is 15.2 Å². The molecule has 116 valence electrons. The normalized spacial score (nSPS) is 22.8. The molecule has 0 saturated carbocycles. The van der Waals surface area contributed by atoms with E-state index in [1.165, 1.54) is 0 Å². The molecule has 0 spiro atoms. The van der Waals surface area contributed by atoms with Crippen molar-refractivity contribution in [2.75, 3.05) is 32.1 Å². The second-order valence-corrected chi connectivity index (χ2v) is 5.59.